The summed E-state index contributed by atoms with van der Waals surface area (Å²) < 4.78 is 9.55. The summed E-state index contributed by atoms with van der Waals surface area (Å²) >= 11 is 0. The molecule has 3 aromatic rings. The van der Waals surface area contributed by atoms with Crippen LogP contribution in [0.4, 0.5) is 0 Å². The predicted octanol–water partition coefficient (Wildman–Crippen LogP) is 6.29. The number of rotatable bonds is 10. The topological polar surface area (TPSA) is 49.0 Å². The van der Waals surface area contributed by atoms with E-state index in [-0.39, 0.29) is 5.97 Å². The van der Waals surface area contributed by atoms with Gasteiger partial charge < -0.3 is 9.30 Å². The number of unbranched alkanes of at least 4 members (excludes halogenated alkanes) is 3. The minimum Gasteiger partial charge on any atom is -0.461 e. The molecule has 0 saturated carbocycles. The zero-order chi connectivity index (χ0) is 21.7. The average Bonchev–Trinajstić information content (AvgIpc) is 3.25. The number of nitrogens with zero attached hydrogens (tertiary/aromatic N) is 3. The number of hydrogen-bond donors (Lipinski definition) is 0. The summed E-state index contributed by atoms with van der Waals surface area (Å²) in [4.78, 5) is 12.6. The molecule has 0 amide bonds. The summed E-state index contributed by atoms with van der Waals surface area (Å²) in [5.74, 6) is -0.295. The fourth-order valence-electron chi connectivity index (χ4n) is 4.10. The number of benzene rings is 1. The third kappa shape index (κ3) is 4.45. The van der Waals surface area contributed by atoms with E-state index in [2.05, 4.69) is 50.5 Å². The van der Waals surface area contributed by atoms with Crippen LogP contribution in [0.3, 0.4) is 0 Å². The molecule has 0 atom stereocenters. The van der Waals surface area contributed by atoms with Crippen LogP contribution in [0.5, 0.6) is 0 Å². The van der Waals surface area contributed by atoms with E-state index in [1.807, 2.05) is 17.7 Å². The normalized spacial score (nSPS) is 11.4. The highest BCUT2D eigenvalue weighted by atomic mass is 16.5. The lowest BCUT2D eigenvalue weighted by molar-refractivity contribution is 0.0511. The van der Waals surface area contributed by atoms with Gasteiger partial charge in [0.15, 0.2) is 0 Å². The van der Waals surface area contributed by atoms with Crippen molar-refractivity contribution in [2.45, 2.75) is 79.8 Å². The average molecular weight is 410 g/mol. The molecule has 0 radical (unpaired) electrons. The summed E-state index contributed by atoms with van der Waals surface area (Å²) in [6.07, 6.45) is 5.54. The van der Waals surface area contributed by atoms with Gasteiger partial charge in [0, 0.05) is 35.2 Å². The summed E-state index contributed by atoms with van der Waals surface area (Å²) in [5.41, 5.74) is 6.23. The molecular weight excluding hydrogens is 374 g/mol. The summed E-state index contributed by atoms with van der Waals surface area (Å²) in [7, 11) is 0. The van der Waals surface area contributed by atoms with Crippen LogP contribution in [0.2, 0.25) is 0 Å². The van der Waals surface area contributed by atoms with E-state index in [0.717, 1.165) is 56.5 Å². The Morgan fingerprint density at radius 1 is 1.00 bits per heavy atom. The summed E-state index contributed by atoms with van der Waals surface area (Å²) in [6, 6.07) is 8.51. The molecule has 0 saturated heterocycles. The van der Waals surface area contributed by atoms with E-state index >= 15 is 0 Å². The highest BCUT2D eigenvalue weighted by Crippen LogP contribution is 2.35. The standard InChI is InChI=1S/C25H35N3O2/c1-6-9-11-15-28-23(25(29)30-8-3)17-21(26-28)24-19(5)27(14-10-7-2)22-16-18(4)12-13-20(22)24/h12-13,16-17H,6-11,14-15H2,1-5H3. The van der Waals surface area contributed by atoms with Gasteiger partial charge in [0.25, 0.3) is 0 Å². The van der Waals surface area contributed by atoms with Gasteiger partial charge in [0.05, 0.1) is 12.3 Å². The molecule has 0 bridgehead atoms. The summed E-state index contributed by atoms with van der Waals surface area (Å²) in [6.45, 7) is 12.6. The Hall–Kier alpha value is -2.56. The molecule has 1 aromatic carbocycles. The fourth-order valence-corrected chi connectivity index (χ4v) is 4.10. The maximum atomic E-state index is 12.6. The molecule has 5 heteroatoms. The van der Waals surface area contributed by atoms with Crippen molar-refractivity contribution in [3.8, 4) is 11.3 Å². The van der Waals surface area contributed by atoms with Gasteiger partial charge in [0.1, 0.15) is 5.69 Å². The van der Waals surface area contributed by atoms with E-state index in [4.69, 9.17) is 9.84 Å². The van der Waals surface area contributed by atoms with Crippen LogP contribution in [0.1, 0.15) is 74.6 Å². The first kappa shape index (κ1) is 22.1. The van der Waals surface area contributed by atoms with E-state index in [1.54, 1.807) is 0 Å². The second-order valence-corrected chi connectivity index (χ2v) is 8.05. The Labute approximate surface area is 180 Å². The van der Waals surface area contributed by atoms with Crippen LogP contribution in [0, 0.1) is 13.8 Å². The molecule has 5 nitrogen and oxygen atoms in total. The Balaban J connectivity index is 2.13. The third-order valence-corrected chi connectivity index (χ3v) is 5.71. The first-order chi connectivity index (χ1) is 14.5. The Kier molecular flexibility index (Phi) is 7.35. The van der Waals surface area contributed by atoms with Crippen LogP contribution in [0.15, 0.2) is 24.3 Å². The molecule has 0 unspecified atom stereocenters. The molecule has 0 aliphatic rings. The lowest BCUT2D eigenvalue weighted by Crippen LogP contribution is -2.13. The fraction of sp³-hybridized carbons (Fsp3) is 0.520. The Morgan fingerprint density at radius 2 is 1.77 bits per heavy atom. The van der Waals surface area contributed by atoms with Crippen molar-refractivity contribution >= 4 is 16.9 Å². The molecule has 0 aliphatic heterocycles. The van der Waals surface area contributed by atoms with Crippen LogP contribution in [0.25, 0.3) is 22.2 Å². The van der Waals surface area contributed by atoms with Crippen molar-refractivity contribution in [2.24, 2.45) is 0 Å². The second kappa shape index (κ2) is 9.96. The van der Waals surface area contributed by atoms with Crippen LogP contribution < -0.4 is 0 Å². The van der Waals surface area contributed by atoms with Gasteiger partial charge in [-0.1, -0.05) is 45.2 Å². The molecule has 2 aromatic heterocycles. The van der Waals surface area contributed by atoms with Gasteiger partial charge in [-0.15, -0.1) is 0 Å². The largest absolute Gasteiger partial charge is 0.461 e. The lowest BCUT2D eigenvalue weighted by Gasteiger charge is -2.08. The zero-order valence-electron chi connectivity index (χ0n) is 19.1. The molecule has 162 valence electrons. The van der Waals surface area contributed by atoms with Crippen molar-refractivity contribution in [1.29, 1.82) is 0 Å². The Morgan fingerprint density at radius 3 is 2.47 bits per heavy atom. The zero-order valence-corrected chi connectivity index (χ0v) is 19.1. The van der Waals surface area contributed by atoms with Crippen molar-refractivity contribution in [1.82, 2.24) is 14.3 Å². The predicted molar refractivity (Wildman–Crippen MR) is 123 cm³/mol. The monoisotopic (exact) mass is 409 g/mol. The maximum absolute atomic E-state index is 12.6. The van der Waals surface area contributed by atoms with Crippen LogP contribution in [-0.2, 0) is 17.8 Å². The highest BCUT2D eigenvalue weighted by Gasteiger charge is 2.22. The number of carbonyl (C=O) groups excluding carboxylic acids is 1. The SMILES string of the molecule is CCCCCn1nc(-c2c(C)n(CCCC)c3cc(C)ccc23)cc1C(=O)OCC. The van der Waals surface area contributed by atoms with E-state index in [9.17, 15) is 4.79 Å². The van der Waals surface area contributed by atoms with Gasteiger partial charge in [-0.2, -0.15) is 5.10 Å². The summed E-state index contributed by atoms with van der Waals surface area (Å²) in [5, 5.41) is 6.08. The smallest absolute Gasteiger partial charge is 0.356 e. The molecule has 0 spiro atoms. The number of fused-ring (bicyclic) bond motifs is 1. The number of aromatic nitrogens is 3. The third-order valence-electron chi connectivity index (χ3n) is 5.71. The second-order valence-electron chi connectivity index (χ2n) is 8.05. The molecule has 3 rings (SSSR count). The van der Waals surface area contributed by atoms with Gasteiger partial charge in [-0.05, 0) is 51.3 Å². The van der Waals surface area contributed by atoms with E-state index in [1.165, 1.54) is 22.2 Å². The van der Waals surface area contributed by atoms with Gasteiger partial charge in [0.2, 0.25) is 0 Å². The van der Waals surface area contributed by atoms with Crippen LogP contribution in [-0.4, -0.2) is 26.9 Å². The van der Waals surface area contributed by atoms with Gasteiger partial charge in [-0.25, -0.2) is 4.79 Å². The molecular formula is C25H35N3O2. The molecule has 30 heavy (non-hydrogen) atoms. The van der Waals surface area contributed by atoms with Crippen LogP contribution >= 0.6 is 0 Å². The van der Waals surface area contributed by atoms with Gasteiger partial charge in [-0.3, -0.25) is 4.68 Å². The molecule has 0 N–H and O–H groups in total. The van der Waals surface area contributed by atoms with Crippen molar-refractivity contribution < 1.29 is 9.53 Å². The highest BCUT2D eigenvalue weighted by molar-refractivity contribution is 5.99. The minimum atomic E-state index is -0.295. The van der Waals surface area contributed by atoms with Gasteiger partial charge >= 0.3 is 5.97 Å². The molecule has 0 fully saturated rings. The molecule has 2 heterocycles. The lowest BCUT2D eigenvalue weighted by atomic mass is 10.1. The quantitative estimate of drug-likeness (QED) is 0.292. The van der Waals surface area contributed by atoms with E-state index < -0.39 is 0 Å². The van der Waals surface area contributed by atoms with Crippen molar-refractivity contribution in [3.05, 3.63) is 41.2 Å². The number of aryl methyl sites for hydroxylation is 3. The number of ether oxygens (including phenoxy) is 1. The number of hydrogen-bond acceptors (Lipinski definition) is 3. The number of carbonyl (C=O) groups is 1. The van der Waals surface area contributed by atoms with E-state index in [0.29, 0.717) is 12.3 Å². The maximum Gasteiger partial charge on any atom is 0.356 e. The Bertz CT molecular complexity index is 1010. The first-order valence-corrected chi connectivity index (χ1v) is 11.4. The first-order valence-electron chi connectivity index (χ1n) is 11.4. The van der Waals surface area contributed by atoms with Crippen molar-refractivity contribution in [3.63, 3.8) is 0 Å². The molecule has 0 aliphatic carbocycles. The van der Waals surface area contributed by atoms with Crippen molar-refractivity contribution in [2.75, 3.05) is 6.61 Å². The number of esters is 1. The minimum absolute atomic E-state index is 0.295.